The average Bonchev–Trinajstić information content (AvgIpc) is 3.23. The van der Waals surface area contributed by atoms with Crippen LogP contribution in [0.5, 0.6) is 0 Å². The highest BCUT2D eigenvalue weighted by molar-refractivity contribution is 5.94. The van der Waals surface area contributed by atoms with Gasteiger partial charge in [-0.15, -0.1) is 0 Å². The number of aliphatic imine (C=N–C) groups is 1. The monoisotopic (exact) mass is 430 g/mol. The fourth-order valence-corrected chi connectivity index (χ4v) is 2.76. The van der Waals surface area contributed by atoms with Gasteiger partial charge in [0.05, 0.1) is 18.3 Å². The molecule has 0 bridgehead atoms. The molecule has 0 radical (unpaired) electrons. The van der Waals surface area contributed by atoms with Crippen molar-refractivity contribution in [1.82, 2.24) is 16.0 Å². The Morgan fingerprint density at radius 3 is 2.57 bits per heavy atom. The molecule has 30 heavy (non-hydrogen) atoms. The van der Waals surface area contributed by atoms with Crippen LogP contribution in [-0.2, 0) is 15.7 Å². The Morgan fingerprint density at radius 2 is 1.93 bits per heavy atom. The summed E-state index contributed by atoms with van der Waals surface area (Å²) in [5.41, 5.74) is -0.606. The van der Waals surface area contributed by atoms with Crippen LogP contribution in [0.4, 0.5) is 13.2 Å². The fourth-order valence-electron chi connectivity index (χ4n) is 2.76. The number of nitrogens with one attached hydrogen (secondary N) is 3. The summed E-state index contributed by atoms with van der Waals surface area (Å²) in [6, 6.07) is 4.12. The Morgan fingerprint density at radius 1 is 1.20 bits per heavy atom. The van der Waals surface area contributed by atoms with Crippen LogP contribution in [0.15, 0.2) is 29.3 Å². The first-order valence-electron chi connectivity index (χ1n) is 10.1. The van der Waals surface area contributed by atoms with Crippen molar-refractivity contribution in [1.29, 1.82) is 0 Å². The zero-order valence-corrected chi connectivity index (χ0v) is 17.1. The molecule has 1 heterocycles. The van der Waals surface area contributed by atoms with Crippen LogP contribution in [0, 0.1) is 0 Å². The maximum Gasteiger partial charge on any atom is 0.416 e. The minimum absolute atomic E-state index is 0.177. The highest BCUT2D eigenvalue weighted by atomic mass is 19.4. The molecule has 1 fully saturated rings. The lowest BCUT2D eigenvalue weighted by atomic mass is 10.1. The van der Waals surface area contributed by atoms with E-state index in [-0.39, 0.29) is 11.7 Å². The molecule has 1 aromatic carbocycles. The molecule has 1 aliphatic rings. The highest BCUT2D eigenvalue weighted by Crippen LogP contribution is 2.29. The summed E-state index contributed by atoms with van der Waals surface area (Å²) in [6.45, 7) is 6.01. The van der Waals surface area contributed by atoms with E-state index in [0.29, 0.717) is 45.4 Å². The predicted octanol–water partition coefficient (Wildman–Crippen LogP) is 2.19. The first-order valence-corrected chi connectivity index (χ1v) is 10.1. The molecular weight excluding hydrogens is 401 g/mol. The normalized spacial score (nSPS) is 17.1. The molecule has 0 aromatic heterocycles. The van der Waals surface area contributed by atoms with E-state index in [9.17, 15) is 18.0 Å². The van der Waals surface area contributed by atoms with Crippen LogP contribution in [0.3, 0.4) is 0 Å². The minimum Gasteiger partial charge on any atom is -0.379 e. The molecule has 1 aliphatic heterocycles. The van der Waals surface area contributed by atoms with E-state index < -0.39 is 17.6 Å². The quantitative estimate of drug-likeness (QED) is 0.301. The molecule has 2 rings (SSSR count). The largest absolute Gasteiger partial charge is 0.416 e. The number of benzene rings is 1. The Hall–Kier alpha value is -2.33. The zero-order valence-electron chi connectivity index (χ0n) is 17.1. The zero-order chi connectivity index (χ0) is 21.8. The summed E-state index contributed by atoms with van der Waals surface area (Å²) in [5.74, 6) is 0.200. The summed E-state index contributed by atoms with van der Waals surface area (Å²) < 4.78 is 48.7. The number of guanidine groups is 1. The molecule has 1 atom stereocenters. The van der Waals surface area contributed by atoms with Gasteiger partial charge in [0.1, 0.15) is 0 Å². The van der Waals surface area contributed by atoms with E-state index in [1.54, 1.807) is 0 Å². The van der Waals surface area contributed by atoms with Gasteiger partial charge in [-0.1, -0.05) is 0 Å². The molecule has 1 amide bonds. The third kappa shape index (κ3) is 8.58. The van der Waals surface area contributed by atoms with Crippen LogP contribution in [-0.4, -0.2) is 64.0 Å². The molecule has 0 spiro atoms. The number of halogens is 3. The molecule has 10 heteroatoms. The second-order valence-electron chi connectivity index (χ2n) is 6.73. The van der Waals surface area contributed by atoms with Crippen molar-refractivity contribution in [3.05, 3.63) is 35.4 Å². The van der Waals surface area contributed by atoms with Gasteiger partial charge in [0.15, 0.2) is 5.96 Å². The van der Waals surface area contributed by atoms with E-state index >= 15 is 0 Å². The van der Waals surface area contributed by atoms with Crippen molar-refractivity contribution in [3.8, 4) is 0 Å². The number of ether oxygens (including phenoxy) is 2. The van der Waals surface area contributed by atoms with E-state index in [0.717, 1.165) is 43.7 Å². The van der Waals surface area contributed by atoms with Crippen LogP contribution in [0.25, 0.3) is 0 Å². The summed E-state index contributed by atoms with van der Waals surface area (Å²) in [6.07, 6.45) is -2.50. The molecule has 0 saturated carbocycles. The molecule has 1 unspecified atom stereocenters. The maximum atomic E-state index is 12.6. The number of alkyl halides is 3. The second kappa shape index (κ2) is 12.4. The summed E-state index contributed by atoms with van der Waals surface area (Å²) in [7, 11) is 0. The van der Waals surface area contributed by atoms with Gasteiger partial charge in [0, 0.05) is 45.0 Å². The van der Waals surface area contributed by atoms with Gasteiger partial charge in [0.25, 0.3) is 5.91 Å². The lowest BCUT2D eigenvalue weighted by molar-refractivity contribution is -0.137. The third-order valence-corrected chi connectivity index (χ3v) is 4.34. The summed E-state index contributed by atoms with van der Waals surface area (Å²) in [4.78, 5) is 16.5. The second-order valence-corrected chi connectivity index (χ2v) is 6.73. The maximum absolute atomic E-state index is 12.6. The molecule has 0 aliphatic carbocycles. The predicted molar refractivity (Wildman–Crippen MR) is 108 cm³/mol. The smallest absolute Gasteiger partial charge is 0.379 e. The van der Waals surface area contributed by atoms with Gasteiger partial charge in [-0.05, 0) is 44.0 Å². The minimum atomic E-state index is -4.42. The van der Waals surface area contributed by atoms with Gasteiger partial charge in [-0.3, -0.25) is 9.79 Å². The number of amides is 1. The van der Waals surface area contributed by atoms with Gasteiger partial charge < -0.3 is 25.4 Å². The highest BCUT2D eigenvalue weighted by Gasteiger charge is 2.30. The van der Waals surface area contributed by atoms with E-state index in [2.05, 4.69) is 20.9 Å². The number of hydrogen-bond acceptors (Lipinski definition) is 4. The Kier molecular flexibility index (Phi) is 9.88. The van der Waals surface area contributed by atoms with Crippen molar-refractivity contribution in [2.45, 2.75) is 32.0 Å². The Bertz CT molecular complexity index is 675. The average molecular weight is 430 g/mol. The molecule has 168 valence electrons. The van der Waals surface area contributed by atoms with Gasteiger partial charge in [-0.2, -0.15) is 13.2 Å². The summed E-state index contributed by atoms with van der Waals surface area (Å²) >= 11 is 0. The molecule has 1 aromatic rings. The van der Waals surface area contributed by atoms with Gasteiger partial charge in [0.2, 0.25) is 0 Å². The Labute approximate surface area is 174 Å². The summed E-state index contributed by atoms with van der Waals surface area (Å²) in [5, 5.41) is 8.88. The first kappa shape index (κ1) is 23.9. The van der Waals surface area contributed by atoms with Crippen LogP contribution in [0.2, 0.25) is 0 Å². The Balaban J connectivity index is 1.65. The van der Waals surface area contributed by atoms with Crippen molar-refractivity contribution < 1.29 is 27.4 Å². The van der Waals surface area contributed by atoms with Crippen LogP contribution >= 0.6 is 0 Å². The van der Waals surface area contributed by atoms with E-state index in [1.165, 1.54) is 0 Å². The third-order valence-electron chi connectivity index (χ3n) is 4.34. The number of carbonyl (C=O) groups is 1. The number of carbonyl (C=O) groups excluding carboxylic acids is 1. The lowest BCUT2D eigenvalue weighted by Crippen LogP contribution is -2.41. The molecule has 7 nitrogen and oxygen atoms in total. The number of nitrogens with zero attached hydrogens (tertiary/aromatic N) is 1. The topological polar surface area (TPSA) is 84.0 Å². The van der Waals surface area contributed by atoms with Crippen molar-refractivity contribution in [3.63, 3.8) is 0 Å². The van der Waals surface area contributed by atoms with Crippen LogP contribution < -0.4 is 16.0 Å². The lowest BCUT2D eigenvalue weighted by Gasteiger charge is -2.13. The van der Waals surface area contributed by atoms with Crippen LogP contribution in [0.1, 0.15) is 35.7 Å². The van der Waals surface area contributed by atoms with Gasteiger partial charge in [-0.25, -0.2) is 0 Å². The molecule has 1 saturated heterocycles. The van der Waals surface area contributed by atoms with E-state index in [1.807, 2.05) is 6.92 Å². The molecule has 3 N–H and O–H groups in total. The number of rotatable bonds is 10. The van der Waals surface area contributed by atoms with Gasteiger partial charge >= 0.3 is 6.18 Å². The standard InChI is InChI=1S/C20H29F3N4O3/c1-2-24-19(26-9-3-12-30-17-8-13-29-14-17)27-11-10-25-18(28)15-4-6-16(7-5-15)20(21,22)23/h4-7,17H,2-3,8-14H2,1H3,(H,25,28)(H2,24,26,27). The first-order chi connectivity index (χ1) is 14.4. The van der Waals surface area contributed by atoms with Crippen molar-refractivity contribution in [2.24, 2.45) is 4.99 Å². The van der Waals surface area contributed by atoms with E-state index in [4.69, 9.17) is 9.47 Å². The SMILES string of the molecule is CCNC(=NCCCOC1CCOC1)NCCNC(=O)c1ccc(C(F)(F)F)cc1. The molecular formula is C20H29F3N4O3. The fraction of sp³-hybridized carbons (Fsp3) is 0.600. The van der Waals surface area contributed by atoms with Crippen molar-refractivity contribution >= 4 is 11.9 Å². The number of hydrogen-bond donors (Lipinski definition) is 3. The van der Waals surface area contributed by atoms with Crippen molar-refractivity contribution in [2.75, 3.05) is 46.0 Å².